The standard InChI is InChI=1S/C13H21N/c1-4-6-9-13(3,5-2)12-7-10-14-11-8-12/h7-8,10-11H,4-6,9H2,1-3H3. The monoisotopic (exact) mass is 191 g/mol. The van der Waals surface area contributed by atoms with Gasteiger partial charge in [-0.15, -0.1) is 0 Å². The van der Waals surface area contributed by atoms with Gasteiger partial charge in [0.05, 0.1) is 0 Å². The molecule has 1 atom stereocenters. The second-order valence-electron chi connectivity index (χ2n) is 4.25. The Hall–Kier alpha value is -0.850. The molecule has 0 N–H and O–H groups in total. The zero-order valence-corrected chi connectivity index (χ0v) is 9.59. The lowest BCUT2D eigenvalue weighted by molar-refractivity contribution is 0.403. The van der Waals surface area contributed by atoms with Crippen molar-refractivity contribution in [2.45, 2.75) is 51.9 Å². The van der Waals surface area contributed by atoms with Crippen LogP contribution in [0.1, 0.15) is 52.0 Å². The smallest absolute Gasteiger partial charge is 0.0270 e. The van der Waals surface area contributed by atoms with Crippen LogP contribution in [-0.4, -0.2) is 4.98 Å². The van der Waals surface area contributed by atoms with E-state index in [4.69, 9.17) is 0 Å². The van der Waals surface area contributed by atoms with E-state index in [1.54, 1.807) is 0 Å². The van der Waals surface area contributed by atoms with Crippen LogP contribution in [0.2, 0.25) is 0 Å². The quantitative estimate of drug-likeness (QED) is 0.687. The zero-order chi connectivity index (χ0) is 10.4. The van der Waals surface area contributed by atoms with Crippen molar-refractivity contribution in [2.24, 2.45) is 0 Å². The largest absolute Gasteiger partial charge is 0.265 e. The van der Waals surface area contributed by atoms with E-state index in [0.717, 1.165) is 0 Å². The number of hydrogen-bond donors (Lipinski definition) is 0. The highest BCUT2D eigenvalue weighted by atomic mass is 14.6. The van der Waals surface area contributed by atoms with Gasteiger partial charge in [0.1, 0.15) is 0 Å². The Balaban J connectivity index is 2.79. The van der Waals surface area contributed by atoms with Crippen LogP contribution in [0.25, 0.3) is 0 Å². The van der Waals surface area contributed by atoms with Crippen LogP contribution in [0, 0.1) is 0 Å². The predicted octanol–water partition coefficient (Wildman–Crippen LogP) is 3.94. The molecule has 0 aliphatic heterocycles. The fourth-order valence-corrected chi connectivity index (χ4v) is 1.85. The van der Waals surface area contributed by atoms with Gasteiger partial charge in [0, 0.05) is 12.4 Å². The lowest BCUT2D eigenvalue weighted by Gasteiger charge is -2.28. The molecule has 1 heteroatoms. The van der Waals surface area contributed by atoms with Crippen molar-refractivity contribution in [3.8, 4) is 0 Å². The SMILES string of the molecule is CCCCC(C)(CC)c1ccncc1. The fourth-order valence-electron chi connectivity index (χ4n) is 1.85. The lowest BCUT2D eigenvalue weighted by atomic mass is 9.76. The molecule has 1 nitrogen and oxygen atoms in total. The number of aromatic nitrogens is 1. The molecule has 1 aromatic rings. The highest BCUT2D eigenvalue weighted by Gasteiger charge is 2.23. The molecule has 14 heavy (non-hydrogen) atoms. The average Bonchev–Trinajstić information content (AvgIpc) is 2.27. The number of nitrogens with zero attached hydrogens (tertiary/aromatic N) is 1. The van der Waals surface area contributed by atoms with Gasteiger partial charge in [0.15, 0.2) is 0 Å². The Morgan fingerprint density at radius 3 is 2.36 bits per heavy atom. The molecule has 0 amide bonds. The molecule has 0 aromatic carbocycles. The lowest BCUT2D eigenvalue weighted by Crippen LogP contribution is -2.20. The second-order valence-corrected chi connectivity index (χ2v) is 4.25. The van der Waals surface area contributed by atoms with E-state index in [1.807, 2.05) is 12.4 Å². The minimum atomic E-state index is 0.346. The Kier molecular flexibility index (Phi) is 4.12. The molecular formula is C13H21N. The minimum absolute atomic E-state index is 0.346. The van der Waals surface area contributed by atoms with E-state index >= 15 is 0 Å². The first-order chi connectivity index (χ1) is 6.73. The number of rotatable bonds is 5. The minimum Gasteiger partial charge on any atom is -0.265 e. The zero-order valence-electron chi connectivity index (χ0n) is 9.59. The van der Waals surface area contributed by atoms with Gasteiger partial charge in [-0.3, -0.25) is 4.98 Å². The Morgan fingerprint density at radius 1 is 1.21 bits per heavy atom. The van der Waals surface area contributed by atoms with E-state index in [9.17, 15) is 0 Å². The van der Waals surface area contributed by atoms with Gasteiger partial charge in [-0.25, -0.2) is 0 Å². The molecule has 0 aliphatic rings. The Bertz CT molecular complexity index is 255. The van der Waals surface area contributed by atoms with Gasteiger partial charge in [-0.2, -0.15) is 0 Å². The summed E-state index contributed by atoms with van der Waals surface area (Å²) in [6.07, 6.45) is 8.87. The summed E-state index contributed by atoms with van der Waals surface area (Å²) < 4.78 is 0. The number of pyridine rings is 1. The fraction of sp³-hybridized carbons (Fsp3) is 0.615. The normalized spacial score (nSPS) is 15.1. The first-order valence-corrected chi connectivity index (χ1v) is 5.63. The predicted molar refractivity (Wildman–Crippen MR) is 61.4 cm³/mol. The molecule has 78 valence electrons. The highest BCUT2D eigenvalue weighted by Crippen LogP contribution is 2.32. The topological polar surface area (TPSA) is 12.9 Å². The summed E-state index contributed by atoms with van der Waals surface area (Å²) in [5.41, 5.74) is 1.78. The van der Waals surface area contributed by atoms with Crippen molar-refractivity contribution in [3.63, 3.8) is 0 Å². The van der Waals surface area contributed by atoms with Gasteiger partial charge in [0.25, 0.3) is 0 Å². The Morgan fingerprint density at radius 2 is 1.86 bits per heavy atom. The third-order valence-corrected chi connectivity index (χ3v) is 3.24. The summed E-state index contributed by atoms with van der Waals surface area (Å²) in [5.74, 6) is 0. The third-order valence-electron chi connectivity index (χ3n) is 3.24. The Labute approximate surface area is 87.6 Å². The molecule has 1 heterocycles. The summed E-state index contributed by atoms with van der Waals surface area (Å²) in [6, 6.07) is 4.30. The summed E-state index contributed by atoms with van der Waals surface area (Å²) in [5, 5.41) is 0. The van der Waals surface area contributed by atoms with Crippen LogP contribution in [0.3, 0.4) is 0 Å². The second kappa shape index (κ2) is 5.14. The summed E-state index contributed by atoms with van der Waals surface area (Å²) in [4.78, 5) is 4.07. The summed E-state index contributed by atoms with van der Waals surface area (Å²) in [6.45, 7) is 6.89. The van der Waals surface area contributed by atoms with E-state index in [0.29, 0.717) is 5.41 Å². The first kappa shape index (κ1) is 11.2. The van der Waals surface area contributed by atoms with Gasteiger partial charge in [-0.05, 0) is 36.0 Å². The average molecular weight is 191 g/mol. The molecule has 0 bridgehead atoms. The molecule has 0 saturated heterocycles. The highest BCUT2D eigenvalue weighted by molar-refractivity contribution is 5.21. The molecule has 1 rings (SSSR count). The van der Waals surface area contributed by atoms with Gasteiger partial charge in [0.2, 0.25) is 0 Å². The molecule has 0 aliphatic carbocycles. The van der Waals surface area contributed by atoms with Gasteiger partial charge < -0.3 is 0 Å². The molecule has 0 spiro atoms. The van der Waals surface area contributed by atoms with E-state index in [2.05, 4.69) is 37.9 Å². The maximum Gasteiger partial charge on any atom is 0.0270 e. The first-order valence-electron chi connectivity index (χ1n) is 5.63. The van der Waals surface area contributed by atoms with Crippen LogP contribution in [0.4, 0.5) is 0 Å². The molecule has 1 aromatic heterocycles. The van der Waals surface area contributed by atoms with E-state index in [1.165, 1.54) is 31.2 Å². The van der Waals surface area contributed by atoms with Crippen LogP contribution in [0.15, 0.2) is 24.5 Å². The molecule has 0 fully saturated rings. The summed E-state index contributed by atoms with van der Waals surface area (Å²) in [7, 11) is 0. The van der Waals surface area contributed by atoms with Crippen molar-refractivity contribution < 1.29 is 0 Å². The van der Waals surface area contributed by atoms with Gasteiger partial charge in [-0.1, -0.05) is 33.6 Å². The van der Waals surface area contributed by atoms with Gasteiger partial charge >= 0.3 is 0 Å². The maximum absolute atomic E-state index is 4.07. The van der Waals surface area contributed by atoms with Crippen LogP contribution in [-0.2, 0) is 5.41 Å². The van der Waals surface area contributed by atoms with E-state index in [-0.39, 0.29) is 0 Å². The summed E-state index contributed by atoms with van der Waals surface area (Å²) >= 11 is 0. The number of hydrogen-bond acceptors (Lipinski definition) is 1. The van der Waals surface area contributed by atoms with Crippen molar-refractivity contribution in [2.75, 3.05) is 0 Å². The number of unbranched alkanes of at least 4 members (excludes halogenated alkanes) is 1. The van der Waals surface area contributed by atoms with E-state index < -0.39 is 0 Å². The van der Waals surface area contributed by atoms with Crippen LogP contribution < -0.4 is 0 Å². The molecular weight excluding hydrogens is 170 g/mol. The van der Waals surface area contributed by atoms with Crippen molar-refractivity contribution in [3.05, 3.63) is 30.1 Å². The van der Waals surface area contributed by atoms with Crippen molar-refractivity contribution >= 4 is 0 Å². The molecule has 0 saturated carbocycles. The molecule has 1 unspecified atom stereocenters. The molecule has 0 radical (unpaired) electrons. The van der Waals surface area contributed by atoms with Crippen molar-refractivity contribution in [1.82, 2.24) is 4.98 Å². The van der Waals surface area contributed by atoms with Crippen LogP contribution in [0.5, 0.6) is 0 Å². The van der Waals surface area contributed by atoms with Crippen LogP contribution >= 0.6 is 0 Å². The third kappa shape index (κ3) is 2.57. The maximum atomic E-state index is 4.07. The van der Waals surface area contributed by atoms with Crippen molar-refractivity contribution in [1.29, 1.82) is 0 Å².